The lowest BCUT2D eigenvalue weighted by Gasteiger charge is -2.09. The summed E-state index contributed by atoms with van der Waals surface area (Å²) in [6.45, 7) is 3.92. The zero-order chi connectivity index (χ0) is 11.7. The third kappa shape index (κ3) is 2.10. The Labute approximate surface area is 99.7 Å². The van der Waals surface area contributed by atoms with Gasteiger partial charge in [-0.3, -0.25) is 0 Å². The van der Waals surface area contributed by atoms with Gasteiger partial charge in [0.25, 0.3) is 0 Å². The first-order valence-corrected chi connectivity index (χ1v) is 5.48. The Bertz CT molecular complexity index is 532. The van der Waals surface area contributed by atoms with E-state index < -0.39 is 0 Å². The van der Waals surface area contributed by atoms with Gasteiger partial charge in [0.15, 0.2) is 0 Å². The van der Waals surface area contributed by atoms with Crippen LogP contribution in [0.2, 0.25) is 5.02 Å². The van der Waals surface area contributed by atoms with Crippen molar-refractivity contribution >= 4 is 11.6 Å². The van der Waals surface area contributed by atoms with Gasteiger partial charge in [0.1, 0.15) is 5.82 Å². The van der Waals surface area contributed by atoms with Crippen molar-refractivity contribution in [2.24, 2.45) is 0 Å². The average molecular weight is 235 g/mol. The molecular weight excluding hydrogens is 223 g/mol. The maximum atomic E-state index is 13.0. The molecule has 0 aliphatic heterocycles. The number of rotatable bonds is 1. The summed E-state index contributed by atoms with van der Waals surface area (Å²) in [5, 5.41) is 0.698. The van der Waals surface area contributed by atoms with Crippen molar-refractivity contribution < 1.29 is 4.39 Å². The van der Waals surface area contributed by atoms with Crippen LogP contribution in [0.1, 0.15) is 11.1 Å². The predicted octanol–water partition coefficient (Wildman–Crippen LogP) is 4.76. The highest BCUT2D eigenvalue weighted by atomic mass is 35.5. The molecular formula is C14H12ClF. The summed E-state index contributed by atoms with van der Waals surface area (Å²) >= 11 is 5.98. The van der Waals surface area contributed by atoms with Gasteiger partial charge in [0.05, 0.1) is 0 Å². The van der Waals surface area contributed by atoms with E-state index in [0.717, 1.165) is 22.3 Å². The zero-order valence-electron chi connectivity index (χ0n) is 9.22. The molecule has 0 aliphatic rings. The van der Waals surface area contributed by atoms with Crippen LogP contribution in [0.25, 0.3) is 11.1 Å². The smallest absolute Gasteiger partial charge is 0.123 e. The number of benzene rings is 2. The molecule has 0 nitrogen and oxygen atoms in total. The Morgan fingerprint density at radius 1 is 0.875 bits per heavy atom. The quantitative estimate of drug-likeness (QED) is 0.667. The first-order valence-electron chi connectivity index (χ1n) is 5.10. The van der Waals surface area contributed by atoms with Crippen molar-refractivity contribution in [1.82, 2.24) is 0 Å². The Morgan fingerprint density at radius 2 is 1.62 bits per heavy atom. The first kappa shape index (κ1) is 11.2. The van der Waals surface area contributed by atoms with Crippen LogP contribution in [0.5, 0.6) is 0 Å². The van der Waals surface area contributed by atoms with Crippen LogP contribution < -0.4 is 0 Å². The lowest BCUT2D eigenvalue weighted by molar-refractivity contribution is 0.627. The minimum atomic E-state index is -0.207. The van der Waals surface area contributed by atoms with E-state index in [4.69, 9.17) is 11.6 Å². The summed E-state index contributed by atoms with van der Waals surface area (Å²) in [6, 6.07) is 10.6. The lowest BCUT2D eigenvalue weighted by atomic mass is 9.97. The molecule has 0 saturated carbocycles. The maximum Gasteiger partial charge on any atom is 0.123 e. The number of aryl methyl sites for hydroxylation is 2. The largest absolute Gasteiger partial charge is 0.207 e. The van der Waals surface area contributed by atoms with E-state index in [1.807, 2.05) is 32.0 Å². The number of hydrogen-bond donors (Lipinski definition) is 0. The van der Waals surface area contributed by atoms with Crippen molar-refractivity contribution in [1.29, 1.82) is 0 Å². The second kappa shape index (κ2) is 4.26. The van der Waals surface area contributed by atoms with Crippen molar-refractivity contribution in [3.05, 3.63) is 58.4 Å². The van der Waals surface area contributed by atoms with E-state index >= 15 is 0 Å². The lowest BCUT2D eigenvalue weighted by Crippen LogP contribution is -1.88. The molecule has 0 aromatic heterocycles. The third-order valence-electron chi connectivity index (χ3n) is 2.68. The second-order valence-electron chi connectivity index (χ2n) is 3.92. The fourth-order valence-electron chi connectivity index (χ4n) is 1.81. The molecule has 0 spiro atoms. The molecule has 0 fully saturated rings. The van der Waals surface area contributed by atoms with Crippen molar-refractivity contribution in [3.63, 3.8) is 0 Å². The topological polar surface area (TPSA) is 0 Å². The normalized spacial score (nSPS) is 10.5. The van der Waals surface area contributed by atoms with Crippen LogP contribution in [0.15, 0.2) is 36.4 Å². The molecule has 2 heteroatoms. The summed E-state index contributed by atoms with van der Waals surface area (Å²) < 4.78 is 13.0. The number of hydrogen-bond acceptors (Lipinski definition) is 0. The highest BCUT2D eigenvalue weighted by Crippen LogP contribution is 2.29. The molecule has 2 aromatic carbocycles. The van der Waals surface area contributed by atoms with Crippen LogP contribution in [0.3, 0.4) is 0 Å². The molecule has 0 radical (unpaired) electrons. The van der Waals surface area contributed by atoms with Crippen LogP contribution >= 0.6 is 11.6 Å². The molecule has 0 bridgehead atoms. The molecule has 0 saturated heterocycles. The summed E-state index contributed by atoms with van der Waals surface area (Å²) in [7, 11) is 0. The SMILES string of the molecule is Cc1cc(F)ccc1-c1cc(Cl)ccc1C. The number of halogens is 2. The first-order chi connectivity index (χ1) is 7.58. The van der Waals surface area contributed by atoms with Gasteiger partial charge < -0.3 is 0 Å². The summed E-state index contributed by atoms with van der Waals surface area (Å²) in [5.74, 6) is -0.207. The average Bonchev–Trinajstić information content (AvgIpc) is 2.22. The molecule has 0 amide bonds. The van der Waals surface area contributed by atoms with E-state index in [2.05, 4.69) is 0 Å². The van der Waals surface area contributed by atoms with Gasteiger partial charge in [0.2, 0.25) is 0 Å². The summed E-state index contributed by atoms with van der Waals surface area (Å²) in [5.41, 5.74) is 4.15. The molecule has 2 aromatic rings. The van der Waals surface area contributed by atoms with Crippen LogP contribution in [-0.4, -0.2) is 0 Å². The van der Waals surface area contributed by atoms with E-state index in [1.165, 1.54) is 12.1 Å². The summed E-state index contributed by atoms with van der Waals surface area (Å²) in [4.78, 5) is 0. The fourth-order valence-corrected chi connectivity index (χ4v) is 1.99. The minimum Gasteiger partial charge on any atom is -0.207 e. The minimum absolute atomic E-state index is 0.207. The molecule has 0 atom stereocenters. The highest BCUT2D eigenvalue weighted by molar-refractivity contribution is 6.30. The Kier molecular flexibility index (Phi) is 2.97. The fraction of sp³-hybridized carbons (Fsp3) is 0.143. The molecule has 0 N–H and O–H groups in total. The summed E-state index contributed by atoms with van der Waals surface area (Å²) in [6.07, 6.45) is 0. The second-order valence-corrected chi connectivity index (χ2v) is 4.35. The van der Waals surface area contributed by atoms with Gasteiger partial charge in [-0.25, -0.2) is 4.39 Å². The van der Waals surface area contributed by atoms with E-state index in [9.17, 15) is 4.39 Å². The Morgan fingerprint density at radius 3 is 2.31 bits per heavy atom. The van der Waals surface area contributed by atoms with E-state index in [-0.39, 0.29) is 5.82 Å². The van der Waals surface area contributed by atoms with Crippen LogP contribution in [0, 0.1) is 19.7 Å². The van der Waals surface area contributed by atoms with Gasteiger partial charge in [-0.2, -0.15) is 0 Å². The maximum absolute atomic E-state index is 13.0. The molecule has 82 valence electrons. The van der Waals surface area contributed by atoms with E-state index in [0.29, 0.717) is 5.02 Å². The van der Waals surface area contributed by atoms with Crippen molar-refractivity contribution in [2.75, 3.05) is 0 Å². The molecule has 0 aliphatic carbocycles. The zero-order valence-corrected chi connectivity index (χ0v) is 9.98. The predicted molar refractivity (Wildman–Crippen MR) is 66.3 cm³/mol. The van der Waals surface area contributed by atoms with Gasteiger partial charge in [0, 0.05) is 5.02 Å². The Hall–Kier alpha value is -1.34. The van der Waals surface area contributed by atoms with Crippen LogP contribution in [0.4, 0.5) is 4.39 Å². The van der Waals surface area contributed by atoms with Gasteiger partial charge in [-0.1, -0.05) is 23.7 Å². The Balaban J connectivity index is 2.62. The standard InChI is InChI=1S/C14H12ClF/c1-9-3-4-11(15)8-14(9)13-6-5-12(16)7-10(13)2/h3-8H,1-2H3. The monoisotopic (exact) mass is 234 g/mol. The molecule has 0 unspecified atom stereocenters. The van der Waals surface area contributed by atoms with Crippen LogP contribution in [-0.2, 0) is 0 Å². The van der Waals surface area contributed by atoms with Gasteiger partial charge in [-0.15, -0.1) is 0 Å². The van der Waals surface area contributed by atoms with Crippen molar-refractivity contribution in [3.8, 4) is 11.1 Å². The van der Waals surface area contributed by atoms with Gasteiger partial charge in [-0.05, 0) is 60.4 Å². The van der Waals surface area contributed by atoms with Crippen molar-refractivity contribution in [2.45, 2.75) is 13.8 Å². The molecule has 0 heterocycles. The third-order valence-corrected chi connectivity index (χ3v) is 2.91. The molecule has 2 rings (SSSR count). The van der Waals surface area contributed by atoms with E-state index in [1.54, 1.807) is 6.07 Å². The molecule has 16 heavy (non-hydrogen) atoms. The van der Waals surface area contributed by atoms with Gasteiger partial charge >= 0.3 is 0 Å². The highest BCUT2D eigenvalue weighted by Gasteiger charge is 2.06.